The number of pyridine rings is 1. The van der Waals surface area contributed by atoms with E-state index in [1.54, 1.807) is 12.1 Å². The zero-order valence-corrected chi connectivity index (χ0v) is 20.6. The number of aromatic nitrogens is 4. The molecule has 4 fully saturated rings. The van der Waals surface area contributed by atoms with E-state index in [2.05, 4.69) is 15.2 Å². The smallest absolute Gasteiger partial charge is 0.328 e. The molecule has 0 unspecified atom stereocenters. The van der Waals surface area contributed by atoms with Gasteiger partial charge in [0.05, 0.1) is 5.56 Å². The molecule has 2 amide bonds. The number of carbonyl (C=O) groups excluding carboxylic acids is 1. The number of urea groups is 1. The molecule has 0 radical (unpaired) electrons. The summed E-state index contributed by atoms with van der Waals surface area (Å²) < 4.78 is 39.7. The van der Waals surface area contributed by atoms with Gasteiger partial charge in [-0.05, 0) is 49.4 Å². The van der Waals surface area contributed by atoms with E-state index in [0.29, 0.717) is 36.7 Å². The van der Waals surface area contributed by atoms with Gasteiger partial charge in [-0.15, -0.1) is 10.2 Å². The van der Waals surface area contributed by atoms with Crippen LogP contribution in [0, 0.1) is 5.41 Å². The van der Waals surface area contributed by atoms with Crippen molar-refractivity contribution in [1.82, 2.24) is 29.5 Å². The molecule has 8 nitrogen and oxygen atoms in total. The fraction of sp³-hybridized carbons (Fsp3) is 0.481. The molecule has 0 bridgehead atoms. The van der Waals surface area contributed by atoms with Crippen molar-refractivity contribution in [3.05, 3.63) is 75.7 Å². The minimum Gasteiger partial charge on any atom is -0.328 e. The number of benzene rings is 1. The molecule has 198 valence electrons. The van der Waals surface area contributed by atoms with E-state index < -0.39 is 17.3 Å². The van der Waals surface area contributed by atoms with Crippen LogP contribution in [-0.4, -0.2) is 61.8 Å². The Labute approximate surface area is 216 Å². The summed E-state index contributed by atoms with van der Waals surface area (Å²) in [7, 11) is 0. The Hall–Kier alpha value is -3.63. The third-order valence-electron chi connectivity index (χ3n) is 8.60. The summed E-state index contributed by atoms with van der Waals surface area (Å²) in [4.78, 5) is 32.3. The lowest BCUT2D eigenvalue weighted by molar-refractivity contribution is -0.137. The molecule has 7 rings (SSSR count). The van der Waals surface area contributed by atoms with Gasteiger partial charge in [-0.3, -0.25) is 9.36 Å². The molecule has 1 spiro atoms. The van der Waals surface area contributed by atoms with Crippen LogP contribution in [0.1, 0.15) is 66.2 Å². The predicted molar refractivity (Wildman–Crippen MR) is 131 cm³/mol. The van der Waals surface area contributed by atoms with Crippen molar-refractivity contribution in [2.75, 3.05) is 26.2 Å². The Balaban J connectivity index is 0.901. The Morgan fingerprint density at radius 2 is 1.58 bits per heavy atom. The molecule has 11 heteroatoms. The topological polar surface area (TPSA) is 87.1 Å². The first-order valence-electron chi connectivity index (χ1n) is 13.0. The van der Waals surface area contributed by atoms with Gasteiger partial charge in [-0.25, -0.2) is 4.79 Å². The Morgan fingerprint density at radius 1 is 0.921 bits per heavy atom. The third-order valence-corrected chi connectivity index (χ3v) is 8.60. The Kier molecular flexibility index (Phi) is 5.06. The van der Waals surface area contributed by atoms with Gasteiger partial charge in [0.1, 0.15) is 11.6 Å². The zero-order valence-electron chi connectivity index (χ0n) is 20.6. The SMILES string of the molecule is O=C(N1CC(c2ccc(-n3ccc(C(F)(F)F)cc3=O)cc2)C1)N1CC2(CC(c3nnc(C4CC4)[nH]3)C2)C1. The number of hydrogen-bond acceptors (Lipinski definition) is 4. The van der Waals surface area contributed by atoms with E-state index in [9.17, 15) is 22.8 Å². The lowest BCUT2D eigenvalue weighted by atomic mass is 9.57. The molecule has 2 aliphatic heterocycles. The summed E-state index contributed by atoms with van der Waals surface area (Å²) in [5.74, 6) is 3.22. The third kappa shape index (κ3) is 3.99. The molecule has 3 aromatic rings. The van der Waals surface area contributed by atoms with Crippen LogP contribution in [0.3, 0.4) is 0 Å². The monoisotopic (exact) mass is 524 g/mol. The maximum Gasteiger partial charge on any atom is 0.416 e. The number of likely N-dealkylation sites (tertiary alicyclic amines) is 2. The van der Waals surface area contributed by atoms with Crippen LogP contribution in [0.5, 0.6) is 0 Å². The number of halogens is 3. The van der Waals surface area contributed by atoms with Crippen molar-refractivity contribution in [2.24, 2.45) is 5.41 Å². The normalized spacial score (nSPS) is 21.2. The van der Waals surface area contributed by atoms with Gasteiger partial charge in [0.15, 0.2) is 0 Å². The fourth-order valence-corrected chi connectivity index (χ4v) is 6.17. The molecule has 2 saturated carbocycles. The number of carbonyl (C=O) groups is 1. The number of amides is 2. The molecular weight excluding hydrogens is 497 g/mol. The average molecular weight is 525 g/mol. The number of rotatable bonds is 4. The molecule has 0 atom stereocenters. The first-order valence-corrected chi connectivity index (χ1v) is 13.0. The highest BCUT2D eigenvalue weighted by molar-refractivity contribution is 5.77. The number of hydrogen-bond donors (Lipinski definition) is 1. The van der Waals surface area contributed by atoms with E-state index >= 15 is 0 Å². The quantitative estimate of drug-likeness (QED) is 0.553. The van der Waals surface area contributed by atoms with Gasteiger partial charge in [0.2, 0.25) is 0 Å². The van der Waals surface area contributed by atoms with Crippen LogP contribution in [0.2, 0.25) is 0 Å². The summed E-state index contributed by atoms with van der Waals surface area (Å²) in [6.07, 6.45) is 1.09. The zero-order chi connectivity index (χ0) is 26.2. The lowest BCUT2D eigenvalue weighted by Gasteiger charge is -2.59. The van der Waals surface area contributed by atoms with Gasteiger partial charge < -0.3 is 14.8 Å². The maximum absolute atomic E-state index is 12.9. The highest BCUT2D eigenvalue weighted by Crippen LogP contribution is 2.56. The van der Waals surface area contributed by atoms with E-state index in [0.717, 1.165) is 55.4 Å². The van der Waals surface area contributed by atoms with E-state index in [-0.39, 0.29) is 17.4 Å². The lowest BCUT2D eigenvalue weighted by Crippen LogP contribution is -2.67. The largest absolute Gasteiger partial charge is 0.416 e. The van der Waals surface area contributed by atoms with E-state index in [1.165, 1.54) is 17.4 Å². The first-order chi connectivity index (χ1) is 18.2. The van der Waals surface area contributed by atoms with Crippen molar-refractivity contribution in [1.29, 1.82) is 0 Å². The second-order valence-corrected chi connectivity index (χ2v) is 11.4. The van der Waals surface area contributed by atoms with Gasteiger partial charge in [-0.2, -0.15) is 13.2 Å². The van der Waals surface area contributed by atoms with Crippen molar-refractivity contribution in [3.8, 4) is 5.69 Å². The summed E-state index contributed by atoms with van der Waals surface area (Å²) in [6, 6.07) is 8.78. The minimum absolute atomic E-state index is 0.0823. The minimum atomic E-state index is -4.55. The van der Waals surface area contributed by atoms with Crippen molar-refractivity contribution < 1.29 is 18.0 Å². The number of H-pyrrole nitrogens is 1. The van der Waals surface area contributed by atoms with Crippen molar-refractivity contribution in [2.45, 2.75) is 49.6 Å². The summed E-state index contributed by atoms with van der Waals surface area (Å²) in [6.45, 7) is 2.85. The number of alkyl halides is 3. The van der Waals surface area contributed by atoms with Gasteiger partial charge in [0.25, 0.3) is 5.56 Å². The van der Waals surface area contributed by atoms with Crippen molar-refractivity contribution in [3.63, 3.8) is 0 Å². The van der Waals surface area contributed by atoms with Crippen LogP contribution in [-0.2, 0) is 6.18 Å². The van der Waals surface area contributed by atoms with Crippen LogP contribution >= 0.6 is 0 Å². The molecule has 1 N–H and O–H groups in total. The van der Waals surface area contributed by atoms with Crippen LogP contribution in [0.15, 0.2) is 47.4 Å². The summed E-state index contributed by atoms with van der Waals surface area (Å²) >= 11 is 0. The first kappa shape index (κ1) is 23.5. The Bertz CT molecular complexity index is 1440. The second-order valence-electron chi connectivity index (χ2n) is 11.4. The summed E-state index contributed by atoms with van der Waals surface area (Å²) in [5.41, 5.74) is 0.0680. The number of nitrogens with one attached hydrogen (secondary N) is 1. The van der Waals surface area contributed by atoms with E-state index in [1.807, 2.05) is 21.9 Å². The molecule has 2 aromatic heterocycles. The van der Waals surface area contributed by atoms with Gasteiger partial charge in [0, 0.05) is 67.3 Å². The predicted octanol–water partition coefficient (Wildman–Crippen LogP) is 4.25. The van der Waals surface area contributed by atoms with Crippen LogP contribution < -0.4 is 5.56 Å². The number of aromatic amines is 1. The molecule has 1 aromatic carbocycles. The van der Waals surface area contributed by atoms with Crippen LogP contribution in [0.25, 0.3) is 5.69 Å². The molecule has 4 heterocycles. The van der Waals surface area contributed by atoms with E-state index in [4.69, 9.17) is 0 Å². The molecule has 2 saturated heterocycles. The molecule has 2 aliphatic carbocycles. The van der Waals surface area contributed by atoms with Crippen molar-refractivity contribution >= 4 is 6.03 Å². The van der Waals surface area contributed by atoms with Gasteiger partial charge >= 0.3 is 12.2 Å². The Morgan fingerprint density at radius 3 is 2.18 bits per heavy atom. The van der Waals surface area contributed by atoms with Crippen LogP contribution in [0.4, 0.5) is 18.0 Å². The molecular formula is C27H27F3N6O2. The second kappa shape index (κ2) is 8.18. The molecule has 4 aliphatic rings. The number of nitrogens with zero attached hydrogens (tertiary/aromatic N) is 5. The molecule has 38 heavy (non-hydrogen) atoms. The van der Waals surface area contributed by atoms with Gasteiger partial charge in [-0.1, -0.05) is 12.1 Å². The average Bonchev–Trinajstić information content (AvgIpc) is 3.54. The highest BCUT2D eigenvalue weighted by Gasteiger charge is 2.56. The standard InChI is InChI=1S/C27H27F3N6O2/c28-27(29,30)20-7-8-36(22(37)9-20)21-5-3-16(4-6-21)19-12-34(13-19)25(38)35-14-26(15-35)10-18(11-26)24-31-23(32-33-24)17-1-2-17/h3-9,17-19H,1-2,10-15H2,(H,31,32,33). The fourth-order valence-electron chi connectivity index (χ4n) is 6.17. The maximum atomic E-state index is 12.9. The summed E-state index contributed by atoms with van der Waals surface area (Å²) in [5, 5.41) is 8.65. The highest BCUT2D eigenvalue weighted by atomic mass is 19.4.